The third-order valence-corrected chi connectivity index (χ3v) is 1.71. The molecule has 1 heterocycles. The van der Waals surface area contributed by atoms with E-state index in [1.54, 1.807) is 12.1 Å². The third-order valence-electron chi connectivity index (χ3n) is 1.71. The first kappa shape index (κ1) is 5.29. The maximum atomic E-state index is 13.0. The SMILES string of the molecule is [2H]N1Cc2cccc(F)c2C1=O. The molecule has 0 bridgehead atoms. The summed E-state index contributed by atoms with van der Waals surface area (Å²) in [6.45, 7) is 0.186. The van der Waals surface area contributed by atoms with Gasteiger partial charge in [-0.15, -0.1) is 0 Å². The molecule has 0 saturated carbocycles. The zero-order chi connectivity index (χ0) is 8.72. The molecule has 1 aromatic carbocycles. The van der Waals surface area contributed by atoms with Gasteiger partial charge >= 0.3 is 0 Å². The van der Waals surface area contributed by atoms with Crippen molar-refractivity contribution in [2.75, 3.05) is 0 Å². The van der Waals surface area contributed by atoms with Crippen LogP contribution in [0.2, 0.25) is 1.41 Å². The van der Waals surface area contributed by atoms with E-state index in [4.69, 9.17) is 1.41 Å². The largest absolute Gasteiger partial charge is 0.348 e. The third kappa shape index (κ3) is 0.808. The fourth-order valence-electron chi connectivity index (χ4n) is 1.18. The van der Waals surface area contributed by atoms with E-state index in [1.807, 2.05) is 0 Å². The van der Waals surface area contributed by atoms with Crippen molar-refractivity contribution in [2.24, 2.45) is 0 Å². The first-order valence-electron chi connectivity index (χ1n) is 3.73. The molecule has 1 aliphatic heterocycles. The van der Waals surface area contributed by atoms with E-state index in [0.717, 1.165) is 5.31 Å². The lowest BCUT2D eigenvalue weighted by atomic mass is 10.1. The number of hydrogen-bond donors (Lipinski definition) is 1. The first-order valence-corrected chi connectivity index (χ1v) is 3.28. The molecule has 1 N–H and O–H groups in total. The lowest BCUT2D eigenvalue weighted by molar-refractivity contribution is 0.0962. The molecular formula is C8H6FNO. The van der Waals surface area contributed by atoms with Gasteiger partial charge in [-0.05, 0) is 11.6 Å². The second kappa shape index (κ2) is 2.05. The van der Waals surface area contributed by atoms with E-state index in [-0.39, 0.29) is 12.1 Å². The van der Waals surface area contributed by atoms with Crippen molar-refractivity contribution in [3.63, 3.8) is 0 Å². The molecule has 11 heavy (non-hydrogen) atoms. The number of carbonyl (C=O) groups is 1. The Kier molecular flexibility index (Phi) is 0.987. The van der Waals surface area contributed by atoms with Crippen molar-refractivity contribution in [2.45, 2.75) is 6.54 Å². The van der Waals surface area contributed by atoms with Crippen LogP contribution in [-0.2, 0) is 6.54 Å². The second-order valence-electron chi connectivity index (χ2n) is 2.40. The van der Waals surface area contributed by atoms with Crippen molar-refractivity contribution in [1.29, 1.82) is 0 Å². The van der Waals surface area contributed by atoms with Crippen LogP contribution >= 0.6 is 0 Å². The molecule has 3 heteroatoms. The molecule has 2 nitrogen and oxygen atoms in total. The van der Waals surface area contributed by atoms with E-state index in [0.29, 0.717) is 5.56 Å². The number of nitrogens with one attached hydrogen (secondary N) is 1. The van der Waals surface area contributed by atoms with E-state index in [1.165, 1.54) is 6.07 Å². The fraction of sp³-hybridized carbons (Fsp3) is 0.125. The molecule has 0 atom stereocenters. The lowest BCUT2D eigenvalue weighted by Crippen LogP contribution is -2.13. The highest BCUT2D eigenvalue weighted by atomic mass is 19.1. The number of rotatable bonds is 0. The van der Waals surface area contributed by atoms with Gasteiger partial charge in [0.2, 0.25) is 0 Å². The molecular weight excluding hydrogens is 145 g/mol. The molecule has 1 amide bonds. The predicted molar refractivity (Wildman–Crippen MR) is 37.6 cm³/mol. The van der Waals surface area contributed by atoms with E-state index >= 15 is 0 Å². The number of halogens is 1. The molecule has 0 radical (unpaired) electrons. The monoisotopic (exact) mass is 152 g/mol. The van der Waals surface area contributed by atoms with Crippen molar-refractivity contribution >= 4 is 5.91 Å². The van der Waals surface area contributed by atoms with E-state index < -0.39 is 11.7 Å². The van der Waals surface area contributed by atoms with Crippen molar-refractivity contribution in [3.8, 4) is 0 Å². The highest BCUT2D eigenvalue weighted by molar-refractivity contribution is 5.98. The van der Waals surface area contributed by atoms with E-state index in [9.17, 15) is 9.18 Å². The number of hydrogen-bond acceptors (Lipinski definition) is 1. The second-order valence-corrected chi connectivity index (χ2v) is 2.40. The highest BCUT2D eigenvalue weighted by Gasteiger charge is 2.21. The molecule has 0 aliphatic carbocycles. The van der Waals surface area contributed by atoms with Gasteiger partial charge in [0.25, 0.3) is 5.91 Å². The van der Waals surface area contributed by atoms with Crippen molar-refractivity contribution in [3.05, 3.63) is 35.1 Å². The van der Waals surface area contributed by atoms with Gasteiger partial charge in [-0.1, -0.05) is 12.1 Å². The summed E-state index contributed by atoms with van der Waals surface area (Å²) in [5, 5.41) is 0.758. The van der Waals surface area contributed by atoms with Gasteiger partial charge in [0.1, 0.15) is 5.82 Å². The minimum atomic E-state index is -0.553. The zero-order valence-corrected chi connectivity index (χ0v) is 5.67. The Hall–Kier alpha value is -1.38. The maximum Gasteiger partial charge on any atom is 0.254 e. The molecule has 0 aromatic heterocycles. The van der Waals surface area contributed by atoms with Crippen LogP contribution < -0.4 is 5.31 Å². The van der Waals surface area contributed by atoms with Gasteiger partial charge in [-0.3, -0.25) is 4.79 Å². The summed E-state index contributed by atoms with van der Waals surface area (Å²) in [6.07, 6.45) is 0. The normalized spacial score (nSPS) is 16.6. The van der Waals surface area contributed by atoms with Crippen LogP contribution in [0.1, 0.15) is 15.9 Å². The van der Waals surface area contributed by atoms with E-state index in [2.05, 4.69) is 0 Å². The first-order chi connectivity index (χ1) is 5.70. The summed E-state index contributed by atoms with van der Waals surface area (Å²) >= 11 is 0. The smallest absolute Gasteiger partial charge is 0.254 e. The number of carbonyl (C=O) groups excluding carboxylic acids is 1. The Bertz CT molecular complexity index is 353. The predicted octanol–water partition coefficient (Wildman–Crippen LogP) is 1.07. The average molecular weight is 152 g/mol. The highest BCUT2D eigenvalue weighted by Crippen LogP contribution is 2.17. The van der Waals surface area contributed by atoms with Crippen LogP contribution in [-0.4, -0.2) is 5.91 Å². The Morgan fingerprint density at radius 3 is 3.18 bits per heavy atom. The zero-order valence-electron chi connectivity index (χ0n) is 6.67. The summed E-state index contributed by atoms with van der Waals surface area (Å²) in [7, 11) is 0. The van der Waals surface area contributed by atoms with Gasteiger partial charge in [-0.25, -0.2) is 4.39 Å². The van der Waals surface area contributed by atoms with Crippen LogP contribution in [0.25, 0.3) is 0 Å². The van der Waals surface area contributed by atoms with Crippen molar-refractivity contribution in [1.82, 2.24) is 5.31 Å². The molecule has 1 aliphatic rings. The van der Waals surface area contributed by atoms with Gasteiger partial charge in [-0.2, -0.15) is 0 Å². The summed E-state index contributed by atoms with van der Waals surface area (Å²) < 4.78 is 20.1. The minimum absolute atomic E-state index is 0.0486. The maximum absolute atomic E-state index is 13.0. The summed E-state index contributed by atoms with van der Waals surface area (Å²) in [6, 6.07) is 4.43. The number of amides is 1. The van der Waals surface area contributed by atoms with Crippen LogP contribution in [0.5, 0.6) is 0 Å². The van der Waals surface area contributed by atoms with Crippen LogP contribution in [0.15, 0.2) is 18.2 Å². The summed E-state index contributed by atoms with van der Waals surface area (Å²) in [5.41, 5.74) is 0.641. The Morgan fingerprint density at radius 2 is 2.45 bits per heavy atom. The summed E-state index contributed by atoms with van der Waals surface area (Å²) in [4.78, 5) is 11.1. The number of fused-ring (bicyclic) bond motifs is 1. The van der Waals surface area contributed by atoms with Crippen LogP contribution in [0.3, 0.4) is 0 Å². The van der Waals surface area contributed by atoms with Gasteiger partial charge in [0.15, 0.2) is 1.41 Å². The van der Waals surface area contributed by atoms with Gasteiger partial charge in [0.05, 0.1) is 5.56 Å². The van der Waals surface area contributed by atoms with Gasteiger partial charge in [0, 0.05) is 6.54 Å². The van der Waals surface area contributed by atoms with Gasteiger partial charge < -0.3 is 5.31 Å². The molecule has 0 spiro atoms. The Morgan fingerprint density at radius 1 is 1.64 bits per heavy atom. The minimum Gasteiger partial charge on any atom is -0.348 e. The number of benzene rings is 1. The molecule has 0 unspecified atom stereocenters. The molecule has 0 saturated heterocycles. The lowest BCUT2D eigenvalue weighted by Gasteiger charge is -1.94. The van der Waals surface area contributed by atoms with Crippen LogP contribution in [0.4, 0.5) is 4.39 Å². The van der Waals surface area contributed by atoms with Crippen molar-refractivity contribution < 1.29 is 10.6 Å². The van der Waals surface area contributed by atoms with Crippen LogP contribution in [0, 0.1) is 5.82 Å². The standard InChI is InChI=1S/C8H6FNO/c9-6-3-1-2-5-4-10-8(11)7(5)6/h1-3H,4H2,(H,10,11)/i/hD. The average Bonchev–Trinajstić information content (AvgIpc) is 2.29. The Balaban J connectivity index is 2.62. The summed E-state index contributed by atoms with van der Waals surface area (Å²) in [5.74, 6) is -1.09. The topological polar surface area (TPSA) is 29.1 Å². The molecule has 0 fully saturated rings. The molecule has 2 rings (SSSR count). The molecule has 1 aromatic rings. The quantitative estimate of drug-likeness (QED) is 0.592. The molecule has 56 valence electrons. The fourth-order valence-corrected chi connectivity index (χ4v) is 1.18. The Labute approximate surface area is 64.5 Å².